The van der Waals surface area contributed by atoms with E-state index in [0.717, 1.165) is 48.4 Å². The molecule has 2 aromatic carbocycles. The van der Waals surface area contributed by atoms with Gasteiger partial charge in [-0.2, -0.15) is 0 Å². The Hall–Kier alpha value is -2.98. The number of aromatic nitrogens is 1. The van der Waals surface area contributed by atoms with Crippen molar-refractivity contribution in [3.8, 4) is 11.1 Å². The lowest BCUT2D eigenvalue weighted by Gasteiger charge is -2.30. The Labute approximate surface area is 152 Å². The van der Waals surface area contributed by atoms with Crippen molar-refractivity contribution in [1.82, 2.24) is 9.88 Å². The number of fused-ring (bicyclic) bond motifs is 1. The zero-order valence-electron chi connectivity index (χ0n) is 14.4. The molecule has 26 heavy (non-hydrogen) atoms. The van der Waals surface area contributed by atoms with Gasteiger partial charge in [-0.1, -0.05) is 60.7 Å². The summed E-state index contributed by atoms with van der Waals surface area (Å²) in [5.41, 5.74) is 5.38. The van der Waals surface area contributed by atoms with Crippen molar-refractivity contribution in [1.29, 1.82) is 0 Å². The average Bonchev–Trinajstić information content (AvgIpc) is 2.68. The number of nitrogens with zero attached hydrogens (tertiary/aromatic N) is 2. The highest BCUT2D eigenvalue weighted by molar-refractivity contribution is 5.97. The quantitative estimate of drug-likeness (QED) is 0.777. The maximum Gasteiger partial charge on any atom is 0.337 e. The first-order valence-corrected chi connectivity index (χ1v) is 8.78. The Kier molecular flexibility index (Phi) is 4.50. The zero-order chi connectivity index (χ0) is 17.9. The third kappa shape index (κ3) is 3.24. The van der Waals surface area contributed by atoms with E-state index in [9.17, 15) is 9.90 Å². The third-order valence-corrected chi connectivity index (χ3v) is 4.86. The summed E-state index contributed by atoms with van der Waals surface area (Å²) < 4.78 is 0. The van der Waals surface area contributed by atoms with Crippen LogP contribution in [0.4, 0.5) is 0 Å². The van der Waals surface area contributed by atoms with Gasteiger partial charge in [0.1, 0.15) is 0 Å². The molecule has 1 aromatic heterocycles. The second-order valence-electron chi connectivity index (χ2n) is 6.59. The van der Waals surface area contributed by atoms with Gasteiger partial charge in [-0.3, -0.25) is 9.88 Å². The van der Waals surface area contributed by atoms with Crippen LogP contribution in [0.15, 0.2) is 66.9 Å². The van der Waals surface area contributed by atoms with Gasteiger partial charge in [-0.05, 0) is 23.1 Å². The minimum absolute atomic E-state index is 0.284. The minimum atomic E-state index is -0.925. The van der Waals surface area contributed by atoms with Crippen LogP contribution >= 0.6 is 0 Å². The molecule has 4 heteroatoms. The standard InChI is InChI=1S/C22H20N2O2/c25-22(26)19-13-23-20-15-24(14-16-7-3-1-4-8-16)12-11-18(20)21(19)17-9-5-2-6-10-17/h1-10,13H,11-12,14-15H2,(H,25,26). The zero-order valence-corrected chi connectivity index (χ0v) is 14.4. The molecule has 4 rings (SSSR count). The van der Waals surface area contributed by atoms with Crippen LogP contribution in [-0.4, -0.2) is 27.5 Å². The number of rotatable bonds is 4. The van der Waals surface area contributed by atoms with E-state index >= 15 is 0 Å². The van der Waals surface area contributed by atoms with Gasteiger partial charge in [-0.25, -0.2) is 4.79 Å². The van der Waals surface area contributed by atoms with Crippen LogP contribution in [0, 0.1) is 0 Å². The first-order chi connectivity index (χ1) is 12.7. The van der Waals surface area contributed by atoms with E-state index in [0.29, 0.717) is 0 Å². The second kappa shape index (κ2) is 7.10. The topological polar surface area (TPSA) is 53.4 Å². The summed E-state index contributed by atoms with van der Waals surface area (Å²) in [6.07, 6.45) is 2.32. The van der Waals surface area contributed by atoms with Crippen LogP contribution in [-0.2, 0) is 19.5 Å². The lowest BCUT2D eigenvalue weighted by atomic mass is 9.90. The van der Waals surface area contributed by atoms with Gasteiger partial charge in [0, 0.05) is 31.4 Å². The molecule has 130 valence electrons. The monoisotopic (exact) mass is 344 g/mol. The maximum atomic E-state index is 11.7. The van der Waals surface area contributed by atoms with Crippen molar-refractivity contribution in [2.24, 2.45) is 0 Å². The second-order valence-corrected chi connectivity index (χ2v) is 6.59. The van der Waals surface area contributed by atoms with Crippen LogP contribution in [0.3, 0.4) is 0 Å². The van der Waals surface area contributed by atoms with Gasteiger partial charge >= 0.3 is 5.97 Å². The van der Waals surface area contributed by atoms with E-state index in [-0.39, 0.29) is 5.56 Å². The van der Waals surface area contributed by atoms with Gasteiger partial charge in [0.25, 0.3) is 0 Å². The maximum absolute atomic E-state index is 11.7. The summed E-state index contributed by atoms with van der Waals surface area (Å²) >= 11 is 0. The smallest absolute Gasteiger partial charge is 0.337 e. The highest BCUT2D eigenvalue weighted by atomic mass is 16.4. The van der Waals surface area contributed by atoms with E-state index in [1.807, 2.05) is 36.4 Å². The molecule has 0 aliphatic carbocycles. The highest BCUT2D eigenvalue weighted by Gasteiger charge is 2.25. The molecule has 1 aliphatic heterocycles. The molecule has 0 radical (unpaired) electrons. The largest absolute Gasteiger partial charge is 0.478 e. The molecule has 0 saturated carbocycles. The van der Waals surface area contributed by atoms with E-state index < -0.39 is 5.97 Å². The normalized spacial score (nSPS) is 14.0. The number of carboxylic acid groups (broad SMARTS) is 1. The predicted molar refractivity (Wildman–Crippen MR) is 101 cm³/mol. The number of aromatic carboxylic acids is 1. The molecule has 0 spiro atoms. The summed E-state index contributed by atoms with van der Waals surface area (Å²) in [6, 6.07) is 20.2. The lowest BCUT2D eigenvalue weighted by Crippen LogP contribution is -2.31. The summed E-state index contributed by atoms with van der Waals surface area (Å²) in [6.45, 7) is 2.51. The summed E-state index contributed by atoms with van der Waals surface area (Å²) in [4.78, 5) is 18.6. The Morgan fingerprint density at radius 2 is 1.73 bits per heavy atom. The van der Waals surface area contributed by atoms with Gasteiger partial charge in [0.2, 0.25) is 0 Å². The summed E-state index contributed by atoms with van der Waals surface area (Å²) in [7, 11) is 0. The van der Waals surface area contributed by atoms with Gasteiger partial charge in [0.05, 0.1) is 11.3 Å². The summed E-state index contributed by atoms with van der Waals surface area (Å²) in [5, 5.41) is 9.62. The van der Waals surface area contributed by atoms with Crippen molar-refractivity contribution >= 4 is 5.97 Å². The molecule has 0 amide bonds. The molecular weight excluding hydrogens is 324 g/mol. The van der Waals surface area contributed by atoms with E-state index in [2.05, 4.69) is 34.1 Å². The highest BCUT2D eigenvalue weighted by Crippen LogP contribution is 2.32. The molecule has 4 nitrogen and oxygen atoms in total. The number of carboxylic acids is 1. The first kappa shape index (κ1) is 16.5. The Morgan fingerprint density at radius 1 is 1.04 bits per heavy atom. The van der Waals surface area contributed by atoms with Crippen LogP contribution in [0.25, 0.3) is 11.1 Å². The lowest BCUT2D eigenvalue weighted by molar-refractivity contribution is 0.0697. The molecule has 3 aromatic rings. The van der Waals surface area contributed by atoms with Crippen LogP contribution in [0.5, 0.6) is 0 Å². The van der Waals surface area contributed by atoms with Crippen molar-refractivity contribution in [2.75, 3.05) is 6.54 Å². The molecule has 2 heterocycles. The molecule has 0 saturated heterocycles. The average molecular weight is 344 g/mol. The Morgan fingerprint density at radius 3 is 2.42 bits per heavy atom. The van der Waals surface area contributed by atoms with Gasteiger partial charge in [-0.15, -0.1) is 0 Å². The Bertz CT molecular complexity index is 924. The van der Waals surface area contributed by atoms with Crippen LogP contribution in [0.1, 0.15) is 27.2 Å². The Balaban J connectivity index is 1.69. The number of carbonyl (C=O) groups is 1. The molecular formula is C22H20N2O2. The number of hydrogen-bond acceptors (Lipinski definition) is 3. The van der Waals surface area contributed by atoms with Gasteiger partial charge in [0.15, 0.2) is 0 Å². The van der Waals surface area contributed by atoms with Crippen molar-refractivity contribution < 1.29 is 9.90 Å². The van der Waals surface area contributed by atoms with Crippen molar-refractivity contribution in [3.63, 3.8) is 0 Å². The van der Waals surface area contributed by atoms with Crippen LogP contribution in [0.2, 0.25) is 0 Å². The van der Waals surface area contributed by atoms with Crippen LogP contribution < -0.4 is 0 Å². The molecule has 0 atom stereocenters. The number of hydrogen-bond donors (Lipinski definition) is 1. The van der Waals surface area contributed by atoms with E-state index in [1.54, 1.807) is 0 Å². The summed E-state index contributed by atoms with van der Waals surface area (Å²) in [5.74, 6) is -0.925. The van der Waals surface area contributed by atoms with E-state index in [4.69, 9.17) is 0 Å². The van der Waals surface area contributed by atoms with E-state index in [1.165, 1.54) is 11.8 Å². The SMILES string of the molecule is O=C(O)c1cnc2c(c1-c1ccccc1)CCN(Cc1ccccc1)C2. The number of pyridine rings is 1. The number of benzene rings is 2. The van der Waals surface area contributed by atoms with Crippen molar-refractivity contribution in [2.45, 2.75) is 19.5 Å². The molecule has 0 bridgehead atoms. The van der Waals surface area contributed by atoms with Crippen molar-refractivity contribution in [3.05, 3.63) is 89.2 Å². The first-order valence-electron chi connectivity index (χ1n) is 8.78. The molecule has 0 unspecified atom stereocenters. The fourth-order valence-corrected chi connectivity index (χ4v) is 3.63. The molecule has 1 aliphatic rings. The fraction of sp³-hybridized carbons (Fsp3) is 0.182. The third-order valence-electron chi connectivity index (χ3n) is 4.86. The molecule has 1 N–H and O–H groups in total. The fourth-order valence-electron chi connectivity index (χ4n) is 3.63. The molecule has 0 fully saturated rings. The van der Waals surface area contributed by atoms with Gasteiger partial charge < -0.3 is 5.11 Å². The minimum Gasteiger partial charge on any atom is -0.478 e. The predicted octanol–water partition coefficient (Wildman–Crippen LogP) is 4.01.